The van der Waals surface area contributed by atoms with E-state index in [1.54, 1.807) is 0 Å². The highest BCUT2D eigenvalue weighted by atomic mass is 16.3. The van der Waals surface area contributed by atoms with E-state index < -0.39 is 0 Å². The topological polar surface area (TPSA) is 49.5 Å². The summed E-state index contributed by atoms with van der Waals surface area (Å²) < 4.78 is 0. The fraction of sp³-hybridized carbons (Fsp3) is 1.00. The summed E-state index contributed by atoms with van der Waals surface area (Å²) in [7, 11) is 0. The summed E-state index contributed by atoms with van der Waals surface area (Å²) in [5.41, 5.74) is 6.03. The van der Waals surface area contributed by atoms with Crippen LogP contribution in [0.15, 0.2) is 0 Å². The van der Waals surface area contributed by atoms with Gasteiger partial charge < -0.3 is 10.8 Å². The second kappa shape index (κ2) is 6.46. The van der Waals surface area contributed by atoms with Crippen molar-refractivity contribution < 1.29 is 5.11 Å². The SMILES string of the molecule is CCCC1CCN(C(CO)C(N)CC)C1. The molecule has 1 heterocycles. The summed E-state index contributed by atoms with van der Waals surface area (Å²) in [5.74, 6) is 0.827. The Kier molecular flexibility index (Phi) is 5.58. The van der Waals surface area contributed by atoms with Gasteiger partial charge in [0.2, 0.25) is 0 Å². The molecule has 0 aromatic carbocycles. The zero-order valence-electron chi connectivity index (χ0n) is 10.2. The number of aliphatic hydroxyl groups excluding tert-OH is 1. The smallest absolute Gasteiger partial charge is 0.0601 e. The van der Waals surface area contributed by atoms with Crippen molar-refractivity contribution in [3.63, 3.8) is 0 Å². The highest BCUT2D eigenvalue weighted by molar-refractivity contribution is 4.86. The molecular weight excluding hydrogens is 188 g/mol. The zero-order valence-corrected chi connectivity index (χ0v) is 10.2. The first-order valence-corrected chi connectivity index (χ1v) is 6.33. The highest BCUT2D eigenvalue weighted by Crippen LogP contribution is 2.23. The Hall–Kier alpha value is -0.120. The lowest BCUT2D eigenvalue weighted by molar-refractivity contribution is 0.120. The first kappa shape index (κ1) is 12.9. The van der Waals surface area contributed by atoms with Gasteiger partial charge in [-0.3, -0.25) is 4.90 Å². The Morgan fingerprint density at radius 1 is 1.47 bits per heavy atom. The van der Waals surface area contributed by atoms with Gasteiger partial charge in [-0.2, -0.15) is 0 Å². The maximum absolute atomic E-state index is 9.38. The molecule has 0 aromatic rings. The van der Waals surface area contributed by atoms with Gasteiger partial charge in [0, 0.05) is 18.6 Å². The van der Waals surface area contributed by atoms with Gasteiger partial charge in [0.1, 0.15) is 0 Å². The number of nitrogens with two attached hydrogens (primary N) is 1. The molecule has 0 saturated carbocycles. The van der Waals surface area contributed by atoms with Crippen molar-refractivity contribution in [2.75, 3.05) is 19.7 Å². The summed E-state index contributed by atoms with van der Waals surface area (Å²) in [6.45, 7) is 6.78. The average Bonchev–Trinajstić information content (AvgIpc) is 2.68. The standard InChI is InChI=1S/C12H26N2O/c1-3-5-10-6-7-14(8-10)12(9-15)11(13)4-2/h10-12,15H,3-9,13H2,1-2H3. The summed E-state index contributed by atoms with van der Waals surface area (Å²) in [6, 6.07) is 0.298. The predicted octanol–water partition coefficient (Wildman–Crippen LogP) is 1.21. The van der Waals surface area contributed by atoms with Gasteiger partial charge in [0.15, 0.2) is 0 Å². The molecule has 1 aliphatic heterocycles. The second-order valence-corrected chi connectivity index (χ2v) is 4.76. The van der Waals surface area contributed by atoms with Crippen LogP contribution in [-0.2, 0) is 0 Å². The van der Waals surface area contributed by atoms with Crippen molar-refractivity contribution >= 4 is 0 Å². The highest BCUT2D eigenvalue weighted by Gasteiger charge is 2.29. The normalized spacial score (nSPS) is 26.8. The van der Waals surface area contributed by atoms with Crippen molar-refractivity contribution in [3.05, 3.63) is 0 Å². The molecule has 1 fully saturated rings. The molecule has 3 unspecified atom stereocenters. The van der Waals surface area contributed by atoms with Gasteiger partial charge in [-0.1, -0.05) is 20.3 Å². The molecule has 1 aliphatic rings. The monoisotopic (exact) mass is 214 g/mol. The number of likely N-dealkylation sites (tertiary alicyclic amines) is 1. The first-order chi connectivity index (χ1) is 7.22. The minimum absolute atomic E-state index is 0.121. The van der Waals surface area contributed by atoms with Crippen LogP contribution >= 0.6 is 0 Å². The van der Waals surface area contributed by atoms with E-state index in [-0.39, 0.29) is 18.7 Å². The Balaban J connectivity index is 2.42. The predicted molar refractivity (Wildman–Crippen MR) is 63.7 cm³/mol. The van der Waals surface area contributed by atoms with E-state index in [1.807, 2.05) is 0 Å². The molecule has 3 nitrogen and oxygen atoms in total. The Bertz CT molecular complexity index is 175. The third kappa shape index (κ3) is 3.44. The maximum Gasteiger partial charge on any atom is 0.0601 e. The molecule has 90 valence electrons. The van der Waals surface area contributed by atoms with Crippen LogP contribution in [-0.4, -0.2) is 41.8 Å². The van der Waals surface area contributed by atoms with Gasteiger partial charge in [0.05, 0.1) is 6.61 Å². The van der Waals surface area contributed by atoms with Crippen LogP contribution in [0.5, 0.6) is 0 Å². The van der Waals surface area contributed by atoms with Crippen molar-refractivity contribution in [3.8, 4) is 0 Å². The molecule has 3 atom stereocenters. The fourth-order valence-electron chi connectivity index (χ4n) is 2.60. The van der Waals surface area contributed by atoms with Gasteiger partial charge in [-0.15, -0.1) is 0 Å². The Morgan fingerprint density at radius 2 is 2.20 bits per heavy atom. The largest absolute Gasteiger partial charge is 0.395 e. The zero-order chi connectivity index (χ0) is 11.3. The molecule has 15 heavy (non-hydrogen) atoms. The number of hydrogen-bond donors (Lipinski definition) is 2. The van der Waals surface area contributed by atoms with E-state index in [2.05, 4.69) is 18.7 Å². The average molecular weight is 214 g/mol. The lowest BCUT2D eigenvalue weighted by Gasteiger charge is -2.30. The molecule has 0 radical (unpaired) electrons. The molecule has 0 aromatic heterocycles. The van der Waals surface area contributed by atoms with Crippen LogP contribution in [0.4, 0.5) is 0 Å². The van der Waals surface area contributed by atoms with Gasteiger partial charge in [-0.25, -0.2) is 0 Å². The third-order valence-electron chi connectivity index (χ3n) is 3.64. The molecule has 0 spiro atoms. The van der Waals surface area contributed by atoms with Crippen LogP contribution in [0, 0.1) is 5.92 Å². The molecule has 0 bridgehead atoms. The van der Waals surface area contributed by atoms with E-state index in [9.17, 15) is 5.11 Å². The van der Waals surface area contributed by atoms with Crippen LogP contribution < -0.4 is 5.73 Å². The summed E-state index contributed by atoms with van der Waals surface area (Å²) >= 11 is 0. The number of nitrogens with zero attached hydrogens (tertiary/aromatic N) is 1. The Labute approximate surface area is 93.6 Å². The molecule has 3 heteroatoms. The lowest BCUT2D eigenvalue weighted by atomic mass is 10.0. The summed E-state index contributed by atoms with van der Waals surface area (Å²) in [4.78, 5) is 2.38. The van der Waals surface area contributed by atoms with E-state index in [1.165, 1.54) is 19.3 Å². The molecular formula is C12H26N2O. The van der Waals surface area contributed by atoms with Crippen LogP contribution in [0.1, 0.15) is 39.5 Å². The summed E-state index contributed by atoms with van der Waals surface area (Å²) in [6.07, 6.45) is 4.80. The minimum atomic E-state index is 0.121. The van der Waals surface area contributed by atoms with E-state index in [0.29, 0.717) is 0 Å². The maximum atomic E-state index is 9.38. The van der Waals surface area contributed by atoms with Crippen molar-refractivity contribution in [1.29, 1.82) is 0 Å². The minimum Gasteiger partial charge on any atom is -0.395 e. The fourth-order valence-corrected chi connectivity index (χ4v) is 2.60. The van der Waals surface area contributed by atoms with Gasteiger partial charge in [-0.05, 0) is 31.7 Å². The van der Waals surface area contributed by atoms with Crippen LogP contribution in [0.2, 0.25) is 0 Å². The van der Waals surface area contributed by atoms with Crippen molar-refractivity contribution in [2.24, 2.45) is 11.7 Å². The third-order valence-corrected chi connectivity index (χ3v) is 3.64. The first-order valence-electron chi connectivity index (χ1n) is 6.33. The van der Waals surface area contributed by atoms with E-state index in [0.717, 1.165) is 25.4 Å². The van der Waals surface area contributed by atoms with Gasteiger partial charge in [0.25, 0.3) is 0 Å². The lowest BCUT2D eigenvalue weighted by Crippen LogP contribution is -2.48. The van der Waals surface area contributed by atoms with Crippen LogP contribution in [0.3, 0.4) is 0 Å². The number of rotatable bonds is 6. The van der Waals surface area contributed by atoms with Crippen molar-refractivity contribution in [1.82, 2.24) is 4.90 Å². The van der Waals surface area contributed by atoms with E-state index >= 15 is 0 Å². The van der Waals surface area contributed by atoms with Crippen molar-refractivity contribution in [2.45, 2.75) is 51.6 Å². The van der Waals surface area contributed by atoms with Gasteiger partial charge >= 0.3 is 0 Å². The van der Waals surface area contributed by atoms with Crippen LogP contribution in [0.25, 0.3) is 0 Å². The molecule has 3 N–H and O–H groups in total. The second-order valence-electron chi connectivity index (χ2n) is 4.76. The quantitative estimate of drug-likeness (QED) is 0.698. The Morgan fingerprint density at radius 3 is 2.73 bits per heavy atom. The van der Waals surface area contributed by atoms with E-state index in [4.69, 9.17) is 5.73 Å². The molecule has 0 aliphatic carbocycles. The summed E-state index contributed by atoms with van der Waals surface area (Å²) in [5, 5.41) is 9.38. The number of hydrogen-bond acceptors (Lipinski definition) is 3. The molecule has 1 rings (SSSR count). The molecule has 1 saturated heterocycles. The molecule has 0 amide bonds. The number of aliphatic hydroxyl groups is 1.